The summed E-state index contributed by atoms with van der Waals surface area (Å²) in [7, 11) is 1.41. The number of ether oxygens (including phenoxy) is 1. The number of benzene rings is 1. The molecule has 2 N–H and O–H groups in total. The zero-order chi connectivity index (χ0) is 16.9. The van der Waals surface area contributed by atoms with Gasteiger partial charge in [0.25, 0.3) is 0 Å². The van der Waals surface area contributed by atoms with Crippen molar-refractivity contribution in [3.63, 3.8) is 0 Å². The molecule has 0 bridgehead atoms. The molecule has 1 rings (SSSR count). The lowest BCUT2D eigenvalue weighted by molar-refractivity contribution is -0.140. The van der Waals surface area contributed by atoms with E-state index >= 15 is 0 Å². The summed E-state index contributed by atoms with van der Waals surface area (Å²) in [4.78, 5) is 15.5. The van der Waals surface area contributed by atoms with Gasteiger partial charge in [0.2, 0.25) is 0 Å². The molecule has 24 heavy (non-hydrogen) atoms. The maximum atomic E-state index is 11.0. The first-order valence-electron chi connectivity index (χ1n) is 7.99. The fourth-order valence-corrected chi connectivity index (χ4v) is 2.26. The molecule has 0 radical (unpaired) electrons. The Morgan fingerprint density at radius 2 is 2.00 bits per heavy atom. The molecule has 0 spiro atoms. The maximum Gasteiger partial charge on any atom is 0.305 e. The fourth-order valence-electron chi connectivity index (χ4n) is 2.03. The van der Waals surface area contributed by atoms with Crippen LogP contribution in [0.15, 0.2) is 29.3 Å². The normalized spacial score (nSPS) is 10.7. The molecule has 0 saturated heterocycles. The molecule has 136 valence electrons. The Morgan fingerprint density at radius 3 is 2.67 bits per heavy atom. The topological polar surface area (TPSA) is 62.7 Å². The van der Waals surface area contributed by atoms with Gasteiger partial charge in [-0.15, -0.1) is 24.0 Å². The summed E-state index contributed by atoms with van der Waals surface area (Å²) < 4.78 is 4.61. The number of carbonyl (C=O) groups is 1. The highest BCUT2D eigenvalue weighted by Crippen LogP contribution is 2.14. The van der Waals surface area contributed by atoms with Gasteiger partial charge in [-0.25, -0.2) is 0 Å². The van der Waals surface area contributed by atoms with Crippen LogP contribution < -0.4 is 10.6 Å². The average Bonchev–Trinajstić information content (AvgIpc) is 2.56. The van der Waals surface area contributed by atoms with E-state index in [0.717, 1.165) is 48.9 Å². The number of unbranched alkanes of at least 4 members (excludes halogenated alkanes) is 1. The van der Waals surface area contributed by atoms with Crippen LogP contribution in [-0.4, -0.2) is 38.7 Å². The number of esters is 1. The number of nitrogens with one attached hydrogen (secondary N) is 2. The van der Waals surface area contributed by atoms with Gasteiger partial charge in [-0.2, -0.15) is 0 Å². The Balaban J connectivity index is 0.00000529. The monoisotopic (exact) mass is 467 g/mol. The molecule has 5 nitrogen and oxygen atoms in total. The number of carbonyl (C=O) groups excluding carboxylic acids is 1. The molecule has 0 aliphatic carbocycles. The van der Waals surface area contributed by atoms with Crippen LogP contribution in [0, 0.1) is 0 Å². The van der Waals surface area contributed by atoms with Gasteiger partial charge in [0.1, 0.15) is 0 Å². The van der Waals surface area contributed by atoms with Crippen molar-refractivity contribution >= 4 is 47.5 Å². The van der Waals surface area contributed by atoms with Crippen molar-refractivity contribution in [3.05, 3.63) is 34.9 Å². The molecule has 0 unspecified atom stereocenters. The molecule has 0 heterocycles. The molecule has 0 aliphatic heterocycles. The van der Waals surface area contributed by atoms with Crippen molar-refractivity contribution in [1.82, 2.24) is 10.6 Å². The number of rotatable bonds is 9. The Bertz CT molecular complexity index is 512. The van der Waals surface area contributed by atoms with Gasteiger partial charge in [0.05, 0.1) is 7.11 Å². The smallest absolute Gasteiger partial charge is 0.305 e. The van der Waals surface area contributed by atoms with Crippen LogP contribution in [0.2, 0.25) is 5.02 Å². The van der Waals surface area contributed by atoms with Gasteiger partial charge in [0, 0.05) is 31.1 Å². The summed E-state index contributed by atoms with van der Waals surface area (Å²) in [5.74, 6) is 0.622. The van der Waals surface area contributed by atoms with Crippen LogP contribution in [0.3, 0.4) is 0 Å². The summed E-state index contributed by atoms with van der Waals surface area (Å²) in [6, 6.07) is 7.85. The van der Waals surface area contributed by atoms with Crippen LogP contribution in [0.25, 0.3) is 0 Å². The number of aliphatic imine (C=N–C) groups is 1. The van der Waals surface area contributed by atoms with E-state index in [1.165, 1.54) is 7.11 Å². The fraction of sp³-hybridized carbons (Fsp3) is 0.529. The highest BCUT2D eigenvalue weighted by molar-refractivity contribution is 14.0. The zero-order valence-corrected chi connectivity index (χ0v) is 17.4. The predicted molar refractivity (Wildman–Crippen MR) is 110 cm³/mol. The second-order valence-corrected chi connectivity index (χ2v) is 5.47. The van der Waals surface area contributed by atoms with E-state index in [1.807, 2.05) is 31.2 Å². The Morgan fingerprint density at radius 1 is 1.25 bits per heavy atom. The van der Waals surface area contributed by atoms with Crippen molar-refractivity contribution in [2.45, 2.75) is 32.6 Å². The molecule has 7 heteroatoms. The number of hydrogen-bond donors (Lipinski definition) is 2. The molecule has 1 aromatic rings. The number of nitrogens with zero attached hydrogens (tertiary/aromatic N) is 1. The summed E-state index contributed by atoms with van der Waals surface area (Å²) in [6.45, 7) is 4.28. The highest BCUT2D eigenvalue weighted by atomic mass is 127. The third-order valence-electron chi connectivity index (χ3n) is 3.28. The van der Waals surface area contributed by atoms with E-state index in [1.54, 1.807) is 0 Å². The maximum absolute atomic E-state index is 11.0. The van der Waals surface area contributed by atoms with E-state index in [2.05, 4.69) is 20.4 Å². The molecular weight excluding hydrogens is 441 g/mol. The quantitative estimate of drug-likeness (QED) is 0.192. The Kier molecular flexibility index (Phi) is 13.7. The van der Waals surface area contributed by atoms with Gasteiger partial charge >= 0.3 is 5.97 Å². The van der Waals surface area contributed by atoms with E-state index in [0.29, 0.717) is 13.0 Å². The highest BCUT2D eigenvalue weighted by Gasteiger charge is 2.02. The first-order chi connectivity index (χ1) is 11.2. The lowest BCUT2D eigenvalue weighted by Crippen LogP contribution is -2.38. The molecule has 0 saturated carbocycles. The zero-order valence-electron chi connectivity index (χ0n) is 14.3. The van der Waals surface area contributed by atoms with Crippen molar-refractivity contribution in [2.75, 3.05) is 26.7 Å². The van der Waals surface area contributed by atoms with Crippen LogP contribution in [0.4, 0.5) is 0 Å². The molecular formula is C17H27ClIN3O2. The first kappa shape index (κ1) is 23.0. The van der Waals surface area contributed by atoms with Gasteiger partial charge in [-0.3, -0.25) is 9.79 Å². The molecule has 0 aliphatic rings. The van der Waals surface area contributed by atoms with Gasteiger partial charge in [-0.1, -0.05) is 29.8 Å². The number of guanidine groups is 1. The van der Waals surface area contributed by atoms with Gasteiger partial charge in [0.15, 0.2) is 5.96 Å². The van der Waals surface area contributed by atoms with Crippen molar-refractivity contribution in [1.29, 1.82) is 0 Å². The largest absolute Gasteiger partial charge is 0.469 e. The lowest BCUT2D eigenvalue weighted by Gasteiger charge is -2.11. The van der Waals surface area contributed by atoms with Crippen molar-refractivity contribution < 1.29 is 9.53 Å². The summed E-state index contributed by atoms with van der Waals surface area (Å²) in [5.41, 5.74) is 1.12. The Labute approximate surface area is 166 Å². The van der Waals surface area contributed by atoms with Gasteiger partial charge in [-0.05, 0) is 37.8 Å². The molecule has 0 aromatic heterocycles. The van der Waals surface area contributed by atoms with E-state index in [4.69, 9.17) is 11.6 Å². The first-order valence-corrected chi connectivity index (χ1v) is 8.37. The summed E-state index contributed by atoms with van der Waals surface area (Å²) in [5, 5.41) is 7.30. The summed E-state index contributed by atoms with van der Waals surface area (Å²) in [6.07, 6.45) is 2.93. The second kappa shape index (κ2) is 14.3. The predicted octanol–water partition coefficient (Wildman–Crippen LogP) is 3.40. The minimum absolute atomic E-state index is 0. The van der Waals surface area contributed by atoms with Crippen molar-refractivity contribution in [3.8, 4) is 0 Å². The van der Waals surface area contributed by atoms with Crippen LogP contribution in [0.5, 0.6) is 0 Å². The SMILES string of the molecule is CCNC(=NCCCCC(=O)OC)NCCc1ccccc1Cl.I. The minimum atomic E-state index is -0.168. The number of halogens is 2. The van der Waals surface area contributed by atoms with E-state index in [9.17, 15) is 4.79 Å². The lowest BCUT2D eigenvalue weighted by atomic mass is 10.1. The number of hydrogen-bond acceptors (Lipinski definition) is 3. The second-order valence-electron chi connectivity index (χ2n) is 5.06. The van der Waals surface area contributed by atoms with Crippen LogP contribution in [0.1, 0.15) is 31.7 Å². The van der Waals surface area contributed by atoms with Crippen LogP contribution in [-0.2, 0) is 16.0 Å². The van der Waals surface area contributed by atoms with E-state index in [-0.39, 0.29) is 29.9 Å². The average molecular weight is 468 g/mol. The standard InChI is InChI=1S/C17H26ClN3O2.HI/c1-3-19-17(20-12-7-6-10-16(22)23-2)21-13-11-14-8-4-5-9-15(14)18;/h4-5,8-9H,3,6-7,10-13H2,1-2H3,(H2,19,20,21);1H. The Hall–Kier alpha value is -1.02. The third kappa shape index (κ3) is 9.97. The summed E-state index contributed by atoms with van der Waals surface area (Å²) >= 11 is 6.15. The number of methoxy groups -OCH3 is 1. The molecule has 0 fully saturated rings. The van der Waals surface area contributed by atoms with Crippen molar-refractivity contribution in [2.24, 2.45) is 4.99 Å². The molecule has 0 atom stereocenters. The molecule has 1 aromatic carbocycles. The molecule has 0 amide bonds. The van der Waals surface area contributed by atoms with Crippen LogP contribution >= 0.6 is 35.6 Å². The third-order valence-corrected chi connectivity index (χ3v) is 3.64. The minimum Gasteiger partial charge on any atom is -0.469 e. The van der Waals surface area contributed by atoms with Gasteiger partial charge < -0.3 is 15.4 Å². The van der Waals surface area contributed by atoms with E-state index < -0.39 is 0 Å².